The van der Waals surface area contributed by atoms with Crippen LogP contribution in [0.3, 0.4) is 0 Å². The van der Waals surface area contributed by atoms with Crippen LogP contribution in [-0.4, -0.2) is 25.1 Å². The third kappa shape index (κ3) is 4.30. The van der Waals surface area contributed by atoms with Gasteiger partial charge in [-0.2, -0.15) is 0 Å². The number of fused-ring (bicyclic) bond motifs is 2. The van der Waals surface area contributed by atoms with Crippen molar-refractivity contribution >= 4 is 5.91 Å². The summed E-state index contributed by atoms with van der Waals surface area (Å²) in [5.41, 5.74) is 1.42. The lowest BCUT2D eigenvalue weighted by Crippen LogP contribution is -2.39. The van der Waals surface area contributed by atoms with Gasteiger partial charge in [-0.15, -0.1) is 0 Å². The van der Waals surface area contributed by atoms with E-state index in [2.05, 4.69) is 10.6 Å². The van der Waals surface area contributed by atoms with Gasteiger partial charge in [0.05, 0.1) is 6.61 Å². The number of carbonyl (C=O) groups excluding carboxylic acids is 1. The van der Waals surface area contributed by atoms with Crippen molar-refractivity contribution in [2.75, 3.05) is 7.11 Å². The molecule has 5 heteroatoms. The Hall–Kier alpha value is -1.46. The number of hydrogen-bond acceptors (Lipinski definition) is 3. The van der Waals surface area contributed by atoms with Crippen molar-refractivity contribution in [3.63, 3.8) is 0 Å². The smallest absolute Gasteiger partial charge is 0.220 e. The minimum absolute atomic E-state index is 0.0916. The number of nitrogens with one attached hydrogen (secondary N) is 2. The molecule has 0 aliphatic carbocycles. The molecule has 2 bridgehead atoms. The zero-order valence-electron chi connectivity index (χ0n) is 13.6. The van der Waals surface area contributed by atoms with E-state index in [0.29, 0.717) is 36.5 Å². The van der Waals surface area contributed by atoms with Gasteiger partial charge in [-0.05, 0) is 49.3 Å². The van der Waals surface area contributed by atoms with Gasteiger partial charge in [0.25, 0.3) is 0 Å². The predicted octanol–water partition coefficient (Wildman–Crippen LogP) is 2.51. The quantitative estimate of drug-likeness (QED) is 0.847. The standard InChI is InChI=1S/C18H25FN2O2/c1-23-11-14-6-12(2-5-17(14)19)10-20-18(22)9-13-7-15-3-4-16(8-13)21-15/h2,5-6,13,15-16,21H,3-4,7-11H2,1H3,(H,20,22)/t13?,15-,16+. The van der Waals surface area contributed by atoms with Crippen molar-refractivity contribution in [3.8, 4) is 0 Å². The van der Waals surface area contributed by atoms with Crippen LogP contribution in [0.5, 0.6) is 0 Å². The van der Waals surface area contributed by atoms with Gasteiger partial charge in [0.2, 0.25) is 5.91 Å². The van der Waals surface area contributed by atoms with Crippen molar-refractivity contribution in [2.45, 2.75) is 57.3 Å². The predicted molar refractivity (Wildman–Crippen MR) is 86.2 cm³/mol. The van der Waals surface area contributed by atoms with Gasteiger partial charge in [0.15, 0.2) is 0 Å². The Morgan fingerprint density at radius 2 is 2.09 bits per heavy atom. The van der Waals surface area contributed by atoms with E-state index < -0.39 is 0 Å². The van der Waals surface area contributed by atoms with Gasteiger partial charge in [0.1, 0.15) is 5.82 Å². The number of rotatable bonds is 6. The first-order chi connectivity index (χ1) is 11.1. The van der Waals surface area contributed by atoms with Crippen LogP contribution in [-0.2, 0) is 22.7 Å². The summed E-state index contributed by atoms with van der Waals surface area (Å²) in [6.45, 7) is 0.680. The molecule has 1 amide bonds. The van der Waals surface area contributed by atoms with Crippen molar-refractivity contribution in [1.29, 1.82) is 0 Å². The number of methoxy groups -OCH3 is 1. The number of hydrogen-bond donors (Lipinski definition) is 2. The Morgan fingerprint density at radius 3 is 2.78 bits per heavy atom. The van der Waals surface area contributed by atoms with Crippen LogP contribution in [0.2, 0.25) is 0 Å². The molecule has 0 radical (unpaired) electrons. The second kappa shape index (κ2) is 7.41. The van der Waals surface area contributed by atoms with Gasteiger partial charge in [-0.1, -0.05) is 6.07 Å². The van der Waals surface area contributed by atoms with Crippen molar-refractivity contribution < 1.29 is 13.9 Å². The van der Waals surface area contributed by atoms with Crippen LogP contribution in [0, 0.1) is 11.7 Å². The third-order valence-electron chi connectivity index (χ3n) is 4.94. The lowest BCUT2D eigenvalue weighted by Gasteiger charge is -2.28. The third-order valence-corrected chi connectivity index (χ3v) is 4.94. The van der Waals surface area contributed by atoms with E-state index in [9.17, 15) is 9.18 Å². The molecule has 1 aromatic carbocycles. The maximum Gasteiger partial charge on any atom is 0.220 e. The molecule has 0 aromatic heterocycles. The Kier molecular flexibility index (Phi) is 5.28. The zero-order valence-corrected chi connectivity index (χ0v) is 13.6. The molecular formula is C18H25FN2O2. The van der Waals surface area contributed by atoms with Gasteiger partial charge in [0, 0.05) is 37.7 Å². The average Bonchev–Trinajstić information content (AvgIpc) is 2.87. The Labute approximate surface area is 136 Å². The average molecular weight is 320 g/mol. The number of carbonyl (C=O) groups is 1. The van der Waals surface area contributed by atoms with E-state index in [-0.39, 0.29) is 18.3 Å². The van der Waals surface area contributed by atoms with E-state index in [1.807, 2.05) is 0 Å². The molecule has 23 heavy (non-hydrogen) atoms. The maximum atomic E-state index is 13.6. The number of ether oxygens (including phenoxy) is 1. The van der Waals surface area contributed by atoms with Gasteiger partial charge in [-0.3, -0.25) is 4.79 Å². The molecule has 4 nitrogen and oxygen atoms in total. The van der Waals surface area contributed by atoms with E-state index in [1.165, 1.54) is 18.9 Å². The molecule has 2 saturated heterocycles. The van der Waals surface area contributed by atoms with Crippen LogP contribution in [0.4, 0.5) is 4.39 Å². The summed E-state index contributed by atoms with van der Waals surface area (Å²) < 4.78 is 18.6. The van der Waals surface area contributed by atoms with Crippen molar-refractivity contribution in [2.24, 2.45) is 5.92 Å². The molecule has 2 aliphatic rings. The number of amides is 1. The summed E-state index contributed by atoms with van der Waals surface area (Å²) in [5, 5.41) is 6.56. The van der Waals surface area contributed by atoms with E-state index in [4.69, 9.17) is 4.74 Å². The Bertz CT molecular complexity index is 552. The highest BCUT2D eigenvalue weighted by molar-refractivity contribution is 5.76. The fourth-order valence-electron chi connectivity index (χ4n) is 3.88. The zero-order chi connectivity index (χ0) is 16.2. The number of halogens is 1. The van der Waals surface area contributed by atoms with Crippen LogP contribution >= 0.6 is 0 Å². The van der Waals surface area contributed by atoms with E-state index in [0.717, 1.165) is 18.4 Å². The van der Waals surface area contributed by atoms with E-state index in [1.54, 1.807) is 19.2 Å². The molecular weight excluding hydrogens is 295 g/mol. The molecule has 2 fully saturated rings. The lowest BCUT2D eigenvalue weighted by atomic mass is 9.89. The minimum Gasteiger partial charge on any atom is -0.380 e. The summed E-state index contributed by atoms with van der Waals surface area (Å²) in [5.74, 6) is 0.312. The topological polar surface area (TPSA) is 50.4 Å². The highest BCUT2D eigenvalue weighted by Gasteiger charge is 2.34. The molecule has 3 rings (SSSR count). The number of piperidine rings is 1. The molecule has 1 aromatic rings. The van der Waals surface area contributed by atoms with Gasteiger partial charge >= 0.3 is 0 Å². The molecule has 0 spiro atoms. The SMILES string of the molecule is COCc1cc(CNC(=O)CC2C[C@H]3CC[C@@H](C2)N3)ccc1F. The molecule has 126 valence electrons. The molecule has 2 N–H and O–H groups in total. The van der Waals surface area contributed by atoms with Gasteiger partial charge < -0.3 is 15.4 Å². The highest BCUT2D eigenvalue weighted by atomic mass is 19.1. The highest BCUT2D eigenvalue weighted by Crippen LogP contribution is 2.32. The molecule has 2 aliphatic heterocycles. The molecule has 2 heterocycles. The lowest BCUT2D eigenvalue weighted by molar-refractivity contribution is -0.122. The monoisotopic (exact) mass is 320 g/mol. The first-order valence-electron chi connectivity index (χ1n) is 8.43. The summed E-state index contributed by atoms with van der Waals surface area (Å²) in [7, 11) is 1.54. The van der Waals surface area contributed by atoms with Crippen LogP contribution in [0.15, 0.2) is 18.2 Å². The molecule has 3 atom stereocenters. The molecule has 1 unspecified atom stereocenters. The van der Waals surface area contributed by atoms with Crippen LogP contribution < -0.4 is 10.6 Å². The summed E-state index contributed by atoms with van der Waals surface area (Å²) in [6, 6.07) is 6.12. The maximum absolute atomic E-state index is 13.6. The number of benzene rings is 1. The van der Waals surface area contributed by atoms with Crippen molar-refractivity contribution in [3.05, 3.63) is 35.1 Å². The fourth-order valence-corrected chi connectivity index (χ4v) is 3.88. The Balaban J connectivity index is 1.48. The Morgan fingerprint density at radius 1 is 1.35 bits per heavy atom. The van der Waals surface area contributed by atoms with Gasteiger partial charge in [-0.25, -0.2) is 4.39 Å². The van der Waals surface area contributed by atoms with Crippen LogP contribution in [0.1, 0.15) is 43.2 Å². The summed E-state index contributed by atoms with van der Waals surface area (Å²) in [6.07, 6.45) is 5.32. The summed E-state index contributed by atoms with van der Waals surface area (Å²) >= 11 is 0. The fraction of sp³-hybridized carbons (Fsp3) is 0.611. The summed E-state index contributed by atoms with van der Waals surface area (Å²) in [4.78, 5) is 12.2. The second-order valence-corrected chi connectivity index (χ2v) is 6.81. The normalized spacial score (nSPS) is 26.3. The van der Waals surface area contributed by atoms with Crippen LogP contribution in [0.25, 0.3) is 0 Å². The van der Waals surface area contributed by atoms with Crippen molar-refractivity contribution in [1.82, 2.24) is 10.6 Å². The first-order valence-corrected chi connectivity index (χ1v) is 8.43. The first kappa shape index (κ1) is 16.4. The second-order valence-electron chi connectivity index (χ2n) is 6.81. The minimum atomic E-state index is -0.271. The largest absolute Gasteiger partial charge is 0.380 e. The molecule has 0 saturated carbocycles. The van der Waals surface area contributed by atoms with E-state index >= 15 is 0 Å².